The second kappa shape index (κ2) is 6.97. The highest BCUT2D eigenvalue weighted by Gasteiger charge is 2.40. The van der Waals surface area contributed by atoms with Crippen LogP contribution in [0.2, 0.25) is 0 Å². The maximum Gasteiger partial charge on any atom is 0.0611 e. The molecular weight excluding hydrogens is 260 g/mol. The Morgan fingerprint density at radius 3 is 2.43 bits per heavy atom. The molecule has 0 heterocycles. The van der Waals surface area contributed by atoms with Gasteiger partial charge in [-0.2, -0.15) is 0 Å². The summed E-state index contributed by atoms with van der Waals surface area (Å²) < 4.78 is 0. The zero-order valence-corrected chi connectivity index (χ0v) is 14.7. The standard InChI is InChI=1S/C18H36N2O/c1-13(2)19-18(4,12-21)10-14(3)20(5)11-17-9-15-6-7-16(17)8-15/h13-17,19,21H,6-12H2,1-5H3. The number of aliphatic hydroxyl groups is 1. The van der Waals surface area contributed by atoms with Gasteiger partial charge in [0.15, 0.2) is 0 Å². The summed E-state index contributed by atoms with van der Waals surface area (Å²) in [4.78, 5) is 2.53. The predicted octanol–water partition coefficient (Wildman–Crippen LogP) is 2.88. The second-order valence-electron chi connectivity index (χ2n) is 8.45. The van der Waals surface area contributed by atoms with Gasteiger partial charge in [-0.3, -0.25) is 0 Å². The Hall–Kier alpha value is -0.120. The zero-order valence-electron chi connectivity index (χ0n) is 14.7. The molecule has 0 radical (unpaired) electrons. The molecule has 5 unspecified atom stereocenters. The zero-order chi connectivity index (χ0) is 15.6. The van der Waals surface area contributed by atoms with Crippen molar-refractivity contribution in [2.45, 2.75) is 77.4 Å². The number of aliphatic hydroxyl groups excluding tert-OH is 1. The molecule has 3 nitrogen and oxygen atoms in total. The Morgan fingerprint density at radius 2 is 1.95 bits per heavy atom. The quantitative estimate of drug-likeness (QED) is 0.723. The van der Waals surface area contributed by atoms with Gasteiger partial charge >= 0.3 is 0 Å². The lowest BCUT2D eigenvalue weighted by Gasteiger charge is -2.38. The minimum atomic E-state index is -0.170. The van der Waals surface area contributed by atoms with Crippen LogP contribution >= 0.6 is 0 Å². The van der Waals surface area contributed by atoms with Gasteiger partial charge < -0.3 is 15.3 Å². The number of rotatable bonds is 8. The van der Waals surface area contributed by atoms with Crippen LogP contribution in [0.25, 0.3) is 0 Å². The highest BCUT2D eigenvalue weighted by molar-refractivity contribution is 4.93. The van der Waals surface area contributed by atoms with Crippen molar-refractivity contribution in [2.24, 2.45) is 17.8 Å². The van der Waals surface area contributed by atoms with Gasteiger partial charge in [-0.1, -0.05) is 20.3 Å². The van der Waals surface area contributed by atoms with Crippen LogP contribution < -0.4 is 5.32 Å². The molecule has 0 spiro atoms. The first-order valence-corrected chi connectivity index (χ1v) is 8.92. The third-order valence-corrected chi connectivity index (χ3v) is 5.89. The van der Waals surface area contributed by atoms with E-state index in [0.29, 0.717) is 12.1 Å². The molecule has 21 heavy (non-hydrogen) atoms. The van der Waals surface area contributed by atoms with Crippen molar-refractivity contribution in [1.82, 2.24) is 10.2 Å². The molecule has 2 saturated carbocycles. The normalized spacial score (nSPS) is 32.9. The van der Waals surface area contributed by atoms with Crippen LogP contribution in [0, 0.1) is 17.8 Å². The van der Waals surface area contributed by atoms with E-state index in [1.165, 1.54) is 32.2 Å². The van der Waals surface area contributed by atoms with E-state index in [1.807, 2.05) is 0 Å². The third kappa shape index (κ3) is 4.43. The Bertz CT molecular complexity index is 333. The van der Waals surface area contributed by atoms with E-state index in [2.05, 4.69) is 45.0 Å². The van der Waals surface area contributed by atoms with Gasteiger partial charge in [0.1, 0.15) is 0 Å². The average molecular weight is 296 g/mol. The summed E-state index contributed by atoms with van der Waals surface area (Å²) in [6.45, 7) is 10.2. The molecule has 2 fully saturated rings. The lowest BCUT2D eigenvalue weighted by Crippen LogP contribution is -2.53. The predicted molar refractivity (Wildman–Crippen MR) is 89.4 cm³/mol. The molecule has 2 N–H and O–H groups in total. The van der Waals surface area contributed by atoms with Crippen LogP contribution in [0.5, 0.6) is 0 Å². The SMILES string of the molecule is CC(C)NC(C)(CO)CC(C)N(C)CC1CC2CCC1C2. The summed E-state index contributed by atoms with van der Waals surface area (Å²) in [6.07, 6.45) is 6.92. The second-order valence-corrected chi connectivity index (χ2v) is 8.45. The summed E-state index contributed by atoms with van der Waals surface area (Å²) in [7, 11) is 2.27. The number of fused-ring (bicyclic) bond motifs is 2. The summed E-state index contributed by atoms with van der Waals surface area (Å²) >= 11 is 0. The Kier molecular flexibility index (Phi) is 5.72. The van der Waals surface area contributed by atoms with E-state index in [1.54, 1.807) is 0 Å². The maximum atomic E-state index is 9.75. The average Bonchev–Trinajstić information content (AvgIpc) is 2.99. The largest absolute Gasteiger partial charge is 0.394 e. The van der Waals surface area contributed by atoms with Gasteiger partial charge in [0.25, 0.3) is 0 Å². The lowest BCUT2D eigenvalue weighted by molar-refractivity contribution is 0.106. The third-order valence-electron chi connectivity index (χ3n) is 5.89. The molecule has 0 aromatic rings. The summed E-state index contributed by atoms with van der Waals surface area (Å²) in [6, 6.07) is 0.915. The first-order chi connectivity index (χ1) is 9.83. The molecule has 0 saturated heterocycles. The molecule has 0 amide bonds. The fourth-order valence-electron chi connectivity index (χ4n) is 4.82. The van der Waals surface area contributed by atoms with E-state index >= 15 is 0 Å². The smallest absolute Gasteiger partial charge is 0.0611 e. The molecule has 124 valence electrons. The summed E-state index contributed by atoms with van der Waals surface area (Å²) in [5.74, 6) is 2.96. The van der Waals surface area contributed by atoms with Crippen LogP contribution in [0.3, 0.4) is 0 Å². The minimum Gasteiger partial charge on any atom is -0.394 e. The van der Waals surface area contributed by atoms with E-state index in [-0.39, 0.29) is 12.1 Å². The Morgan fingerprint density at radius 1 is 1.24 bits per heavy atom. The molecule has 2 rings (SSSR count). The first-order valence-electron chi connectivity index (χ1n) is 8.92. The van der Waals surface area contributed by atoms with Crippen molar-refractivity contribution < 1.29 is 5.11 Å². The first kappa shape index (κ1) is 17.2. The van der Waals surface area contributed by atoms with E-state index < -0.39 is 0 Å². The van der Waals surface area contributed by atoms with Crippen molar-refractivity contribution in [3.05, 3.63) is 0 Å². The molecule has 0 aromatic heterocycles. The summed E-state index contributed by atoms with van der Waals surface area (Å²) in [5, 5.41) is 13.3. The van der Waals surface area contributed by atoms with Gasteiger partial charge in [-0.05, 0) is 64.3 Å². The van der Waals surface area contributed by atoms with Crippen molar-refractivity contribution in [3.8, 4) is 0 Å². The lowest BCUT2D eigenvalue weighted by atomic mass is 9.87. The molecule has 2 aliphatic carbocycles. The van der Waals surface area contributed by atoms with Gasteiger partial charge in [0.2, 0.25) is 0 Å². The monoisotopic (exact) mass is 296 g/mol. The van der Waals surface area contributed by atoms with E-state index in [0.717, 1.165) is 24.2 Å². The number of nitrogens with zero attached hydrogens (tertiary/aromatic N) is 1. The number of hydrogen-bond acceptors (Lipinski definition) is 3. The van der Waals surface area contributed by atoms with Crippen molar-refractivity contribution in [1.29, 1.82) is 0 Å². The van der Waals surface area contributed by atoms with E-state index in [4.69, 9.17) is 0 Å². The fraction of sp³-hybridized carbons (Fsp3) is 1.00. The van der Waals surface area contributed by atoms with Crippen LogP contribution in [-0.4, -0.2) is 47.8 Å². The van der Waals surface area contributed by atoms with Crippen molar-refractivity contribution in [2.75, 3.05) is 20.2 Å². The molecular formula is C18H36N2O. The number of nitrogens with one attached hydrogen (secondary N) is 1. The van der Waals surface area contributed by atoms with Crippen LogP contribution in [0.15, 0.2) is 0 Å². The summed E-state index contributed by atoms with van der Waals surface area (Å²) in [5.41, 5.74) is -0.170. The van der Waals surface area contributed by atoms with Crippen LogP contribution in [-0.2, 0) is 0 Å². The van der Waals surface area contributed by atoms with Crippen LogP contribution in [0.4, 0.5) is 0 Å². The van der Waals surface area contributed by atoms with Crippen LogP contribution in [0.1, 0.15) is 59.8 Å². The maximum absolute atomic E-state index is 9.75. The molecule has 2 bridgehead atoms. The minimum absolute atomic E-state index is 0.170. The molecule has 0 aromatic carbocycles. The van der Waals surface area contributed by atoms with E-state index in [9.17, 15) is 5.11 Å². The van der Waals surface area contributed by atoms with Crippen molar-refractivity contribution >= 4 is 0 Å². The van der Waals surface area contributed by atoms with Gasteiger partial charge in [0, 0.05) is 24.2 Å². The molecule has 3 heteroatoms. The molecule has 5 atom stereocenters. The van der Waals surface area contributed by atoms with Crippen molar-refractivity contribution in [3.63, 3.8) is 0 Å². The number of hydrogen-bond donors (Lipinski definition) is 2. The van der Waals surface area contributed by atoms with Gasteiger partial charge in [0.05, 0.1) is 6.61 Å². The Labute approximate surface area is 131 Å². The molecule has 2 aliphatic rings. The fourth-order valence-corrected chi connectivity index (χ4v) is 4.82. The Balaban J connectivity index is 1.82. The molecule has 0 aliphatic heterocycles. The van der Waals surface area contributed by atoms with Gasteiger partial charge in [-0.25, -0.2) is 0 Å². The van der Waals surface area contributed by atoms with Gasteiger partial charge in [-0.15, -0.1) is 0 Å². The highest BCUT2D eigenvalue weighted by Crippen LogP contribution is 2.48. The topological polar surface area (TPSA) is 35.5 Å². The highest BCUT2D eigenvalue weighted by atomic mass is 16.3.